The Bertz CT molecular complexity index is 207. The molecule has 0 amide bonds. The SMILES string of the molecule is Cl.O=S(=O)=C1CNCCN1. The molecule has 1 heterocycles. The van der Waals surface area contributed by atoms with Crippen LogP contribution in [0.2, 0.25) is 0 Å². The molecule has 4 nitrogen and oxygen atoms in total. The van der Waals surface area contributed by atoms with Gasteiger partial charge in [-0.2, -0.15) is 8.42 Å². The predicted octanol–water partition coefficient (Wildman–Crippen LogP) is -1.39. The van der Waals surface area contributed by atoms with E-state index in [2.05, 4.69) is 10.6 Å². The maximum atomic E-state index is 10.2. The van der Waals surface area contributed by atoms with Crippen LogP contribution in [0.3, 0.4) is 0 Å². The van der Waals surface area contributed by atoms with Gasteiger partial charge in [0.25, 0.3) is 0 Å². The first-order valence-electron chi connectivity index (χ1n) is 2.70. The van der Waals surface area contributed by atoms with Crippen molar-refractivity contribution in [3.05, 3.63) is 0 Å². The Morgan fingerprint density at radius 2 is 2.00 bits per heavy atom. The maximum absolute atomic E-state index is 10.2. The van der Waals surface area contributed by atoms with Crippen molar-refractivity contribution in [3.63, 3.8) is 0 Å². The molecule has 1 aliphatic heterocycles. The molecular weight excluding hydrogens is 176 g/mol. The van der Waals surface area contributed by atoms with E-state index in [0.29, 0.717) is 18.1 Å². The van der Waals surface area contributed by atoms with Crippen LogP contribution in [0.4, 0.5) is 0 Å². The molecule has 0 aromatic rings. The summed E-state index contributed by atoms with van der Waals surface area (Å²) in [5, 5.41) is 5.68. The summed E-state index contributed by atoms with van der Waals surface area (Å²) >= 11 is 0. The van der Waals surface area contributed by atoms with Crippen molar-refractivity contribution >= 4 is 27.7 Å². The molecule has 1 saturated heterocycles. The summed E-state index contributed by atoms with van der Waals surface area (Å²) < 4.78 is 20.4. The van der Waals surface area contributed by atoms with Gasteiger partial charge in [-0.1, -0.05) is 0 Å². The lowest BCUT2D eigenvalue weighted by atomic mass is 10.4. The lowest BCUT2D eigenvalue weighted by Gasteiger charge is -2.12. The van der Waals surface area contributed by atoms with Crippen molar-refractivity contribution in [1.29, 1.82) is 0 Å². The molecule has 0 atom stereocenters. The average molecular weight is 185 g/mol. The molecule has 0 aliphatic carbocycles. The second-order valence-electron chi connectivity index (χ2n) is 1.76. The van der Waals surface area contributed by atoms with E-state index in [9.17, 15) is 8.42 Å². The normalized spacial score (nSPS) is 17.8. The Balaban J connectivity index is 0.000000810. The van der Waals surface area contributed by atoms with Crippen LogP contribution in [-0.2, 0) is 10.3 Å². The van der Waals surface area contributed by atoms with Gasteiger partial charge in [0.05, 0.1) is 0 Å². The molecule has 1 aliphatic rings. The van der Waals surface area contributed by atoms with E-state index < -0.39 is 10.3 Å². The van der Waals surface area contributed by atoms with Gasteiger partial charge in [0, 0.05) is 19.6 Å². The number of nitrogens with one attached hydrogen (secondary N) is 2. The van der Waals surface area contributed by atoms with E-state index in [4.69, 9.17) is 0 Å². The third-order valence-electron chi connectivity index (χ3n) is 1.11. The van der Waals surface area contributed by atoms with E-state index in [1.807, 2.05) is 0 Å². The van der Waals surface area contributed by atoms with Gasteiger partial charge in [-0.15, -0.1) is 12.4 Å². The minimum atomic E-state index is -2.06. The molecule has 2 N–H and O–H groups in total. The van der Waals surface area contributed by atoms with Gasteiger partial charge in [0.2, 0.25) is 10.3 Å². The highest BCUT2D eigenvalue weighted by molar-refractivity contribution is 7.72. The molecule has 0 aromatic carbocycles. The van der Waals surface area contributed by atoms with Crippen LogP contribution >= 0.6 is 12.4 Å². The van der Waals surface area contributed by atoms with Crippen LogP contribution in [0.5, 0.6) is 0 Å². The van der Waals surface area contributed by atoms with Gasteiger partial charge in [0.1, 0.15) is 4.99 Å². The molecule has 0 aromatic heterocycles. The van der Waals surface area contributed by atoms with Gasteiger partial charge in [-0.05, 0) is 0 Å². The number of piperazine rings is 1. The van der Waals surface area contributed by atoms with Gasteiger partial charge in [-0.3, -0.25) is 5.32 Å². The van der Waals surface area contributed by atoms with Crippen molar-refractivity contribution in [2.24, 2.45) is 0 Å². The van der Waals surface area contributed by atoms with E-state index in [0.717, 1.165) is 6.54 Å². The van der Waals surface area contributed by atoms with Crippen LogP contribution in [0.15, 0.2) is 0 Å². The number of halogens is 1. The summed E-state index contributed by atoms with van der Waals surface area (Å²) in [4.78, 5) is 0.362. The Morgan fingerprint density at radius 3 is 2.30 bits per heavy atom. The van der Waals surface area contributed by atoms with E-state index >= 15 is 0 Å². The quantitative estimate of drug-likeness (QED) is 0.456. The standard InChI is InChI=1S/C4H8N2O2S.ClH/c7-9(8)4-3-5-1-2-6-4;/h5-6H,1-3H2;1H. The van der Waals surface area contributed by atoms with Gasteiger partial charge in [-0.25, -0.2) is 0 Å². The highest BCUT2D eigenvalue weighted by Gasteiger charge is 2.04. The fraction of sp³-hybridized carbons (Fsp3) is 0.750. The first-order chi connectivity index (χ1) is 4.30. The Hall–Kier alpha value is -0.100. The largest absolute Gasteiger partial charge is 0.309 e. The topological polar surface area (TPSA) is 58.2 Å². The molecular formula is C4H9ClN2O2S. The molecule has 0 unspecified atom stereocenters. The van der Waals surface area contributed by atoms with Crippen LogP contribution in [0.1, 0.15) is 0 Å². The molecule has 1 rings (SSSR count). The minimum Gasteiger partial charge on any atom is -0.309 e. The zero-order valence-corrected chi connectivity index (χ0v) is 6.89. The Kier molecular flexibility index (Phi) is 4.63. The first-order valence-corrected chi connectivity index (χ1v) is 3.78. The van der Waals surface area contributed by atoms with Crippen LogP contribution < -0.4 is 10.6 Å². The predicted molar refractivity (Wildman–Crippen MR) is 42.0 cm³/mol. The summed E-state index contributed by atoms with van der Waals surface area (Å²) in [6.45, 7) is 1.97. The third kappa shape index (κ3) is 2.66. The summed E-state index contributed by atoms with van der Waals surface area (Å²) in [5.41, 5.74) is 0. The molecule has 0 spiro atoms. The van der Waals surface area contributed by atoms with E-state index in [1.165, 1.54) is 0 Å². The molecule has 6 heteroatoms. The van der Waals surface area contributed by atoms with Gasteiger partial charge < -0.3 is 5.32 Å². The number of rotatable bonds is 0. The first kappa shape index (κ1) is 9.90. The fourth-order valence-electron chi connectivity index (χ4n) is 0.673. The minimum absolute atomic E-state index is 0. The van der Waals surface area contributed by atoms with Crippen molar-refractivity contribution in [2.45, 2.75) is 0 Å². The van der Waals surface area contributed by atoms with Crippen molar-refractivity contribution < 1.29 is 8.42 Å². The smallest absolute Gasteiger partial charge is 0.229 e. The zero-order chi connectivity index (χ0) is 6.69. The lowest BCUT2D eigenvalue weighted by Crippen LogP contribution is -2.45. The van der Waals surface area contributed by atoms with Crippen LogP contribution in [0, 0.1) is 0 Å². The zero-order valence-electron chi connectivity index (χ0n) is 5.25. The van der Waals surface area contributed by atoms with Gasteiger partial charge >= 0.3 is 0 Å². The van der Waals surface area contributed by atoms with Crippen molar-refractivity contribution in [1.82, 2.24) is 10.6 Å². The average Bonchev–Trinajstić information content (AvgIpc) is 1.90. The lowest BCUT2D eigenvalue weighted by molar-refractivity contribution is 0.622. The summed E-state index contributed by atoms with van der Waals surface area (Å²) in [5.74, 6) is 0. The summed E-state index contributed by atoms with van der Waals surface area (Å²) in [6, 6.07) is 0. The highest BCUT2D eigenvalue weighted by Crippen LogP contribution is 1.72. The molecule has 10 heavy (non-hydrogen) atoms. The maximum Gasteiger partial charge on any atom is 0.229 e. The fourth-order valence-corrected chi connectivity index (χ4v) is 1.11. The third-order valence-corrected chi connectivity index (χ3v) is 1.80. The number of hydrogen-bond donors (Lipinski definition) is 2. The van der Waals surface area contributed by atoms with Gasteiger partial charge in [0.15, 0.2) is 0 Å². The van der Waals surface area contributed by atoms with E-state index in [1.54, 1.807) is 0 Å². The van der Waals surface area contributed by atoms with E-state index in [-0.39, 0.29) is 12.4 Å². The monoisotopic (exact) mass is 184 g/mol. The second-order valence-corrected chi connectivity index (χ2v) is 2.72. The van der Waals surface area contributed by atoms with Crippen molar-refractivity contribution in [2.75, 3.05) is 19.6 Å². The highest BCUT2D eigenvalue weighted by atomic mass is 35.5. The summed E-state index contributed by atoms with van der Waals surface area (Å²) in [7, 11) is -2.06. The molecule has 60 valence electrons. The second kappa shape index (κ2) is 4.68. The van der Waals surface area contributed by atoms with Crippen molar-refractivity contribution in [3.8, 4) is 0 Å². The molecule has 0 bridgehead atoms. The summed E-state index contributed by atoms with van der Waals surface area (Å²) in [6.07, 6.45) is 0. The molecule has 0 radical (unpaired) electrons. The Morgan fingerprint density at radius 1 is 1.30 bits per heavy atom. The van der Waals surface area contributed by atoms with Crippen LogP contribution in [-0.4, -0.2) is 33.0 Å². The van der Waals surface area contributed by atoms with Crippen LogP contribution in [0.25, 0.3) is 0 Å². The molecule has 1 fully saturated rings. The Labute approximate surface area is 66.9 Å². The number of hydrogen-bond acceptors (Lipinski definition) is 3. The molecule has 0 saturated carbocycles.